The highest BCUT2D eigenvalue weighted by Crippen LogP contribution is 2.42. The summed E-state index contributed by atoms with van der Waals surface area (Å²) in [6.07, 6.45) is 2.29. The highest BCUT2D eigenvalue weighted by Gasteiger charge is 2.30. The molecule has 0 aliphatic heterocycles. The zero-order valence-corrected chi connectivity index (χ0v) is 14.2. The number of fused-ring (bicyclic) bond motifs is 1. The molecule has 2 rings (SSSR count). The topological polar surface area (TPSA) is 3.24 Å². The molecule has 1 aromatic carbocycles. The molecule has 0 radical (unpaired) electrons. The van der Waals surface area contributed by atoms with Crippen LogP contribution < -0.4 is 0 Å². The molecular weight excluding hydrogens is 242 g/mol. The number of hydrogen-bond acceptors (Lipinski definition) is 1. The molecule has 1 atom stereocenters. The Labute approximate surface area is 124 Å². The summed E-state index contributed by atoms with van der Waals surface area (Å²) in [6.45, 7) is 11.5. The van der Waals surface area contributed by atoms with Crippen LogP contribution in [0, 0.1) is 12.3 Å². The Morgan fingerprint density at radius 3 is 2.35 bits per heavy atom. The molecule has 0 fully saturated rings. The summed E-state index contributed by atoms with van der Waals surface area (Å²) in [7, 11) is 4.41. The fourth-order valence-corrected chi connectivity index (χ4v) is 3.38. The monoisotopic (exact) mass is 271 g/mol. The Bertz CT molecular complexity index is 529. The molecule has 110 valence electrons. The van der Waals surface area contributed by atoms with Crippen molar-refractivity contribution in [3.63, 3.8) is 0 Å². The number of benzene rings is 1. The van der Waals surface area contributed by atoms with Crippen LogP contribution in [0.3, 0.4) is 0 Å². The fourth-order valence-electron chi connectivity index (χ4n) is 3.38. The van der Waals surface area contributed by atoms with E-state index in [0.29, 0.717) is 11.5 Å². The van der Waals surface area contributed by atoms with Gasteiger partial charge in [-0.05, 0) is 62.9 Å². The molecule has 0 N–H and O–H groups in total. The van der Waals surface area contributed by atoms with E-state index in [1.807, 2.05) is 0 Å². The first-order chi connectivity index (χ1) is 9.19. The molecule has 0 saturated carbocycles. The van der Waals surface area contributed by atoms with Crippen LogP contribution in [-0.2, 0) is 6.42 Å². The van der Waals surface area contributed by atoms with Crippen molar-refractivity contribution < 1.29 is 0 Å². The lowest BCUT2D eigenvalue weighted by Gasteiger charge is -2.37. The molecule has 1 heteroatoms. The number of nitrogens with zero attached hydrogens (tertiary/aromatic N) is 1. The number of rotatable bonds is 2. The molecule has 0 spiro atoms. The quantitative estimate of drug-likeness (QED) is 0.691. The second kappa shape index (κ2) is 5.37. The van der Waals surface area contributed by atoms with Gasteiger partial charge in [-0.15, -0.1) is 0 Å². The van der Waals surface area contributed by atoms with Gasteiger partial charge in [0, 0.05) is 0 Å². The first kappa shape index (κ1) is 15.3. The van der Waals surface area contributed by atoms with Crippen LogP contribution in [0.1, 0.15) is 56.8 Å². The minimum atomic E-state index is 0.340. The van der Waals surface area contributed by atoms with Crippen LogP contribution in [0.5, 0.6) is 0 Å². The van der Waals surface area contributed by atoms with E-state index in [1.54, 1.807) is 11.1 Å². The van der Waals surface area contributed by atoms with Crippen molar-refractivity contribution in [3.05, 3.63) is 46.0 Å². The lowest BCUT2D eigenvalue weighted by Crippen LogP contribution is -2.28. The van der Waals surface area contributed by atoms with Gasteiger partial charge < -0.3 is 0 Å². The zero-order valence-electron chi connectivity index (χ0n) is 14.2. The van der Waals surface area contributed by atoms with Crippen molar-refractivity contribution in [2.75, 3.05) is 14.1 Å². The Morgan fingerprint density at radius 2 is 1.80 bits per heavy atom. The maximum atomic E-state index is 2.37. The van der Waals surface area contributed by atoms with Gasteiger partial charge in [-0.3, -0.25) is 4.90 Å². The van der Waals surface area contributed by atoms with Gasteiger partial charge in [0.15, 0.2) is 0 Å². The van der Waals surface area contributed by atoms with Gasteiger partial charge in [-0.2, -0.15) is 0 Å². The third kappa shape index (κ3) is 3.15. The van der Waals surface area contributed by atoms with E-state index in [2.05, 4.69) is 71.8 Å². The molecule has 20 heavy (non-hydrogen) atoms. The van der Waals surface area contributed by atoms with Crippen LogP contribution in [0.2, 0.25) is 0 Å². The summed E-state index contributed by atoms with van der Waals surface area (Å²) in [6, 6.07) is 7.40. The Morgan fingerprint density at radius 1 is 1.15 bits per heavy atom. The second-order valence-electron chi connectivity index (χ2n) is 7.79. The average Bonchev–Trinajstić information content (AvgIpc) is 2.28. The van der Waals surface area contributed by atoms with E-state index in [4.69, 9.17) is 0 Å². The third-order valence-electron chi connectivity index (χ3n) is 4.16. The molecule has 1 unspecified atom stereocenters. The summed E-state index contributed by atoms with van der Waals surface area (Å²) < 4.78 is 0. The Kier molecular flexibility index (Phi) is 4.11. The Hall–Kier alpha value is -1.08. The summed E-state index contributed by atoms with van der Waals surface area (Å²) >= 11 is 0. The average molecular weight is 271 g/mol. The largest absolute Gasteiger partial charge is 0.299 e. The first-order valence-electron chi connectivity index (χ1n) is 7.63. The van der Waals surface area contributed by atoms with E-state index in [0.717, 1.165) is 6.42 Å². The maximum Gasteiger partial charge on any atom is 0.0561 e. The van der Waals surface area contributed by atoms with Crippen molar-refractivity contribution in [2.24, 2.45) is 5.41 Å². The van der Waals surface area contributed by atoms with Crippen LogP contribution >= 0.6 is 0 Å². The molecule has 1 nitrogen and oxygen atoms in total. The zero-order chi connectivity index (χ0) is 15.1. The van der Waals surface area contributed by atoms with Gasteiger partial charge in [0.25, 0.3) is 0 Å². The molecule has 0 heterocycles. The standard InChI is InChI=1S/C19H29N/c1-13-8-9-16-15(10-13)11-14(2)17(12-19(3,4)5)18(16)20(6)7/h8-10,18H,11-12H2,1-7H3. The fraction of sp³-hybridized carbons (Fsp3) is 0.579. The number of allylic oxidation sites excluding steroid dienone is 1. The first-order valence-corrected chi connectivity index (χ1v) is 7.63. The van der Waals surface area contributed by atoms with Gasteiger partial charge in [0.1, 0.15) is 0 Å². The van der Waals surface area contributed by atoms with Crippen molar-refractivity contribution in [1.82, 2.24) is 4.90 Å². The van der Waals surface area contributed by atoms with Crippen molar-refractivity contribution >= 4 is 0 Å². The van der Waals surface area contributed by atoms with E-state index in [9.17, 15) is 0 Å². The van der Waals surface area contributed by atoms with Crippen molar-refractivity contribution in [2.45, 2.75) is 53.5 Å². The minimum absolute atomic E-state index is 0.340. The number of aryl methyl sites for hydroxylation is 1. The van der Waals surface area contributed by atoms with Crippen molar-refractivity contribution in [3.8, 4) is 0 Å². The molecule has 1 aliphatic carbocycles. The van der Waals surface area contributed by atoms with E-state index < -0.39 is 0 Å². The molecule has 0 aromatic heterocycles. The predicted octanol–water partition coefficient (Wildman–Crippen LogP) is 4.91. The molecule has 0 amide bonds. The summed E-state index contributed by atoms with van der Waals surface area (Å²) in [5.41, 5.74) is 7.92. The van der Waals surface area contributed by atoms with Crippen molar-refractivity contribution in [1.29, 1.82) is 0 Å². The summed E-state index contributed by atoms with van der Waals surface area (Å²) in [5, 5.41) is 0. The van der Waals surface area contributed by atoms with E-state index >= 15 is 0 Å². The Balaban J connectivity index is 2.50. The summed E-state index contributed by atoms with van der Waals surface area (Å²) in [4.78, 5) is 2.37. The van der Waals surface area contributed by atoms with E-state index in [-0.39, 0.29) is 0 Å². The highest BCUT2D eigenvalue weighted by atomic mass is 15.1. The molecule has 1 aromatic rings. The van der Waals surface area contributed by atoms with Crippen LogP contribution in [0.4, 0.5) is 0 Å². The number of likely N-dealkylation sites (N-methyl/N-ethyl adjacent to an activating group) is 1. The lowest BCUT2D eigenvalue weighted by atomic mass is 9.75. The van der Waals surface area contributed by atoms with Crippen LogP contribution in [-0.4, -0.2) is 19.0 Å². The van der Waals surface area contributed by atoms with Gasteiger partial charge in [-0.25, -0.2) is 0 Å². The third-order valence-corrected chi connectivity index (χ3v) is 4.16. The lowest BCUT2D eigenvalue weighted by molar-refractivity contribution is 0.297. The smallest absolute Gasteiger partial charge is 0.0561 e. The van der Waals surface area contributed by atoms with Crippen LogP contribution in [0.15, 0.2) is 29.3 Å². The summed E-state index contributed by atoms with van der Waals surface area (Å²) in [5.74, 6) is 0. The van der Waals surface area contributed by atoms with Crippen LogP contribution in [0.25, 0.3) is 0 Å². The van der Waals surface area contributed by atoms with Gasteiger partial charge in [0.05, 0.1) is 6.04 Å². The molecular formula is C19H29N. The van der Waals surface area contributed by atoms with Gasteiger partial charge >= 0.3 is 0 Å². The van der Waals surface area contributed by atoms with E-state index in [1.165, 1.54) is 23.1 Å². The molecule has 1 aliphatic rings. The maximum absolute atomic E-state index is 2.37. The number of hydrogen-bond donors (Lipinski definition) is 0. The second-order valence-corrected chi connectivity index (χ2v) is 7.79. The SMILES string of the molecule is CC1=C(CC(C)(C)C)C(N(C)C)c2ccc(C)cc2C1. The minimum Gasteiger partial charge on any atom is -0.299 e. The predicted molar refractivity (Wildman–Crippen MR) is 88.1 cm³/mol. The normalized spacial score (nSPS) is 19.5. The van der Waals surface area contributed by atoms with Gasteiger partial charge in [0.2, 0.25) is 0 Å². The molecule has 0 bridgehead atoms. The molecule has 0 saturated heterocycles. The van der Waals surface area contributed by atoms with Gasteiger partial charge in [-0.1, -0.05) is 50.1 Å². The highest BCUT2D eigenvalue weighted by molar-refractivity contribution is 5.45.